The molecular formula is C19H19IN4O2. The molecule has 4 rings (SSSR count). The van der Waals surface area contributed by atoms with Gasteiger partial charge in [-0.15, -0.1) is 0 Å². The average molecular weight is 462 g/mol. The van der Waals surface area contributed by atoms with Crippen molar-refractivity contribution in [1.82, 2.24) is 9.97 Å². The minimum Gasteiger partial charge on any atom is -0.484 e. The van der Waals surface area contributed by atoms with Crippen molar-refractivity contribution in [2.75, 3.05) is 29.9 Å². The van der Waals surface area contributed by atoms with E-state index in [-0.39, 0.29) is 12.5 Å². The normalized spacial score (nSPS) is 14.0. The molecule has 134 valence electrons. The molecule has 1 aliphatic heterocycles. The van der Waals surface area contributed by atoms with Crippen LogP contribution >= 0.6 is 22.6 Å². The molecule has 1 saturated heterocycles. The number of aromatic nitrogens is 2. The fourth-order valence-corrected chi connectivity index (χ4v) is 3.39. The molecular weight excluding hydrogens is 443 g/mol. The van der Waals surface area contributed by atoms with Crippen molar-refractivity contribution in [2.45, 2.75) is 12.8 Å². The Morgan fingerprint density at radius 1 is 1.19 bits per heavy atom. The lowest BCUT2D eigenvalue weighted by molar-refractivity contribution is -0.118. The highest BCUT2D eigenvalue weighted by Gasteiger charge is 2.16. The highest BCUT2D eigenvalue weighted by Crippen LogP contribution is 2.23. The first kappa shape index (κ1) is 17.1. The van der Waals surface area contributed by atoms with Gasteiger partial charge in [0.25, 0.3) is 5.91 Å². The zero-order chi connectivity index (χ0) is 17.9. The molecule has 1 aliphatic rings. The van der Waals surface area contributed by atoms with Crippen LogP contribution in [-0.4, -0.2) is 35.6 Å². The Bertz CT molecular complexity index is 917. The number of fused-ring (bicyclic) bond motifs is 1. The molecule has 0 bridgehead atoms. The van der Waals surface area contributed by atoms with Gasteiger partial charge in [0.05, 0.1) is 11.0 Å². The van der Waals surface area contributed by atoms with Crippen LogP contribution in [-0.2, 0) is 4.79 Å². The van der Waals surface area contributed by atoms with E-state index in [0.717, 1.165) is 39.3 Å². The van der Waals surface area contributed by atoms with E-state index in [1.54, 1.807) is 0 Å². The highest BCUT2D eigenvalue weighted by atomic mass is 127. The maximum atomic E-state index is 12.1. The number of carbonyl (C=O) groups excluding carboxylic acids is 1. The molecule has 0 atom stereocenters. The zero-order valence-electron chi connectivity index (χ0n) is 14.2. The number of H-pyrrole nitrogens is 1. The smallest absolute Gasteiger partial charge is 0.262 e. The van der Waals surface area contributed by atoms with Crippen LogP contribution < -0.4 is 15.0 Å². The lowest BCUT2D eigenvalue weighted by Gasteiger charge is -2.12. The van der Waals surface area contributed by atoms with E-state index in [2.05, 4.69) is 42.8 Å². The van der Waals surface area contributed by atoms with Gasteiger partial charge in [-0.25, -0.2) is 4.98 Å². The van der Waals surface area contributed by atoms with Crippen molar-refractivity contribution in [1.29, 1.82) is 0 Å². The monoisotopic (exact) mass is 462 g/mol. The quantitative estimate of drug-likeness (QED) is 0.567. The van der Waals surface area contributed by atoms with Gasteiger partial charge >= 0.3 is 0 Å². The van der Waals surface area contributed by atoms with Gasteiger partial charge in [0.1, 0.15) is 5.75 Å². The maximum Gasteiger partial charge on any atom is 0.262 e. The standard InChI is InChI=1S/C19H19IN4O2/c20-13-3-6-15(7-4-13)26-12-18(25)21-14-5-8-16-17(11-14)23-19(22-16)24-9-1-2-10-24/h3-8,11H,1-2,9-10,12H2,(H,21,25)(H,22,23). The fourth-order valence-electron chi connectivity index (χ4n) is 3.03. The third-order valence-corrected chi connectivity index (χ3v) is 5.06. The van der Waals surface area contributed by atoms with E-state index in [4.69, 9.17) is 4.74 Å². The first-order valence-corrected chi connectivity index (χ1v) is 9.68. The minimum absolute atomic E-state index is 0.0271. The molecule has 2 heterocycles. The van der Waals surface area contributed by atoms with Crippen LogP contribution in [0.5, 0.6) is 5.75 Å². The van der Waals surface area contributed by atoms with Crippen molar-refractivity contribution in [3.8, 4) is 5.75 Å². The Balaban J connectivity index is 1.39. The number of anilines is 2. The van der Waals surface area contributed by atoms with Crippen molar-refractivity contribution in [2.24, 2.45) is 0 Å². The molecule has 0 aliphatic carbocycles. The van der Waals surface area contributed by atoms with Gasteiger partial charge in [-0.1, -0.05) is 0 Å². The number of hydrogen-bond acceptors (Lipinski definition) is 4. The Hall–Kier alpha value is -2.29. The van der Waals surface area contributed by atoms with Crippen LogP contribution in [0.2, 0.25) is 0 Å². The van der Waals surface area contributed by atoms with E-state index in [1.165, 1.54) is 12.8 Å². The molecule has 2 aromatic carbocycles. The van der Waals surface area contributed by atoms with Crippen LogP contribution in [0, 0.1) is 3.57 Å². The van der Waals surface area contributed by atoms with E-state index in [1.807, 2.05) is 42.5 Å². The van der Waals surface area contributed by atoms with Crippen molar-refractivity contribution in [3.05, 3.63) is 46.0 Å². The SMILES string of the molecule is O=C(COc1ccc(I)cc1)Nc1ccc2nc(N3CCCC3)[nH]c2c1. The third-order valence-electron chi connectivity index (χ3n) is 4.34. The van der Waals surface area contributed by atoms with Gasteiger partial charge in [0, 0.05) is 22.3 Å². The summed E-state index contributed by atoms with van der Waals surface area (Å²) in [7, 11) is 0. The van der Waals surface area contributed by atoms with E-state index in [0.29, 0.717) is 5.75 Å². The van der Waals surface area contributed by atoms with Crippen LogP contribution in [0.25, 0.3) is 11.0 Å². The molecule has 0 spiro atoms. The molecule has 2 N–H and O–H groups in total. The largest absolute Gasteiger partial charge is 0.484 e. The summed E-state index contributed by atoms with van der Waals surface area (Å²) in [5.74, 6) is 1.39. The lowest BCUT2D eigenvalue weighted by Crippen LogP contribution is -2.20. The van der Waals surface area contributed by atoms with E-state index < -0.39 is 0 Å². The molecule has 0 saturated carbocycles. The second-order valence-corrected chi connectivity index (χ2v) is 7.52. The number of benzene rings is 2. The van der Waals surface area contributed by atoms with Gasteiger partial charge in [0.15, 0.2) is 6.61 Å². The van der Waals surface area contributed by atoms with Gasteiger partial charge in [-0.05, 0) is 77.9 Å². The second kappa shape index (κ2) is 7.53. The molecule has 3 aromatic rings. The summed E-state index contributed by atoms with van der Waals surface area (Å²) in [5, 5.41) is 2.87. The van der Waals surface area contributed by atoms with Crippen LogP contribution in [0.4, 0.5) is 11.6 Å². The predicted octanol–water partition coefficient (Wildman–Crippen LogP) is 3.79. The average Bonchev–Trinajstić information content (AvgIpc) is 3.30. The fraction of sp³-hybridized carbons (Fsp3) is 0.263. The summed E-state index contributed by atoms with van der Waals surface area (Å²) >= 11 is 2.23. The topological polar surface area (TPSA) is 70.2 Å². The van der Waals surface area contributed by atoms with Gasteiger partial charge in [0.2, 0.25) is 5.95 Å². The summed E-state index contributed by atoms with van der Waals surface area (Å²) in [5.41, 5.74) is 2.55. The van der Waals surface area contributed by atoms with Gasteiger partial charge < -0.3 is 19.9 Å². The second-order valence-electron chi connectivity index (χ2n) is 6.28. The van der Waals surface area contributed by atoms with E-state index in [9.17, 15) is 4.79 Å². The number of halogens is 1. The summed E-state index contributed by atoms with van der Waals surface area (Å²) in [6, 6.07) is 13.3. The zero-order valence-corrected chi connectivity index (χ0v) is 16.3. The summed E-state index contributed by atoms with van der Waals surface area (Å²) < 4.78 is 6.64. The number of hydrogen-bond donors (Lipinski definition) is 2. The number of nitrogens with one attached hydrogen (secondary N) is 2. The number of amides is 1. The molecule has 1 aromatic heterocycles. The van der Waals surface area contributed by atoms with Crippen LogP contribution in [0.15, 0.2) is 42.5 Å². The lowest BCUT2D eigenvalue weighted by atomic mass is 10.3. The van der Waals surface area contributed by atoms with Crippen LogP contribution in [0.1, 0.15) is 12.8 Å². The minimum atomic E-state index is -0.192. The van der Waals surface area contributed by atoms with Gasteiger partial charge in [-0.3, -0.25) is 4.79 Å². The summed E-state index contributed by atoms with van der Waals surface area (Å²) in [4.78, 5) is 22.4. The number of carbonyl (C=O) groups is 1. The number of ether oxygens (including phenoxy) is 1. The molecule has 1 fully saturated rings. The molecule has 0 radical (unpaired) electrons. The first-order valence-electron chi connectivity index (χ1n) is 8.60. The van der Waals surface area contributed by atoms with Crippen molar-refractivity contribution >= 4 is 51.2 Å². The Kier molecular flexibility index (Phi) is 4.96. The molecule has 26 heavy (non-hydrogen) atoms. The molecule has 1 amide bonds. The van der Waals surface area contributed by atoms with E-state index >= 15 is 0 Å². The van der Waals surface area contributed by atoms with Crippen LogP contribution in [0.3, 0.4) is 0 Å². The number of nitrogens with zero attached hydrogens (tertiary/aromatic N) is 2. The summed E-state index contributed by atoms with van der Waals surface area (Å²) in [6.45, 7) is 2.05. The van der Waals surface area contributed by atoms with Crippen molar-refractivity contribution < 1.29 is 9.53 Å². The maximum absolute atomic E-state index is 12.1. The van der Waals surface area contributed by atoms with Gasteiger partial charge in [-0.2, -0.15) is 0 Å². The molecule has 7 heteroatoms. The highest BCUT2D eigenvalue weighted by molar-refractivity contribution is 14.1. The third kappa shape index (κ3) is 3.92. The Morgan fingerprint density at radius 2 is 1.96 bits per heavy atom. The number of aromatic amines is 1. The molecule has 6 nitrogen and oxygen atoms in total. The number of rotatable bonds is 5. The number of imidazole rings is 1. The first-order chi connectivity index (χ1) is 12.7. The predicted molar refractivity (Wildman–Crippen MR) is 111 cm³/mol. The summed E-state index contributed by atoms with van der Waals surface area (Å²) in [6.07, 6.45) is 2.41. The molecule has 0 unspecified atom stereocenters. The Morgan fingerprint density at radius 3 is 2.73 bits per heavy atom. The van der Waals surface area contributed by atoms with Crippen molar-refractivity contribution in [3.63, 3.8) is 0 Å². The Labute approximate surface area is 165 Å².